The molecule has 1 aliphatic heterocycles. The minimum absolute atomic E-state index is 0.150. The van der Waals surface area contributed by atoms with E-state index in [0.717, 1.165) is 37.3 Å². The van der Waals surface area contributed by atoms with Gasteiger partial charge in [0.2, 0.25) is 5.91 Å². The van der Waals surface area contributed by atoms with Crippen LogP contribution in [0.15, 0.2) is 24.5 Å². The first-order valence-corrected chi connectivity index (χ1v) is 8.41. The van der Waals surface area contributed by atoms with Crippen molar-refractivity contribution in [1.29, 1.82) is 0 Å². The molecule has 0 aliphatic carbocycles. The normalized spacial score (nSPS) is 19.8. The Bertz CT molecular complexity index is 680. The lowest BCUT2D eigenvalue weighted by atomic mass is 10.0. The zero-order valence-electron chi connectivity index (χ0n) is 14.5. The van der Waals surface area contributed by atoms with E-state index in [1.165, 1.54) is 5.56 Å². The quantitative estimate of drug-likeness (QED) is 0.874. The van der Waals surface area contributed by atoms with Gasteiger partial charge in [0.25, 0.3) is 0 Å². The van der Waals surface area contributed by atoms with Gasteiger partial charge < -0.3 is 9.47 Å². The maximum absolute atomic E-state index is 13.0. The summed E-state index contributed by atoms with van der Waals surface area (Å²) in [5.41, 5.74) is 3.44. The van der Waals surface area contributed by atoms with Crippen molar-refractivity contribution in [2.75, 3.05) is 13.1 Å². The maximum atomic E-state index is 13.0. The monoisotopic (exact) mass is 314 g/mol. The molecule has 124 valence electrons. The molecule has 2 aromatic rings. The topological polar surface area (TPSA) is 43.1 Å². The summed E-state index contributed by atoms with van der Waals surface area (Å²) in [4.78, 5) is 15.0. The minimum Gasteiger partial charge on any atom is -0.339 e. The standard InChI is InChI=1S/C18H26N4O/c1-13-10-19-21(11-13)17-6-5-9-20(12-17)18(23)16(4)22-14(2)7-8-15(22)3/h7-8,10-11,16-17H,5-6,9,12H2,1-4H3/t16-,17-/m0/s1. The van der Waals surface area contributed by atoms with E-state index in [1.807, 2.05) is 22.7 Å². The molecule has 0 radical (unpaired) electrons. The molecule has 1 saturated heterocycles. The smallest absolute Gasteiger partial charge is 0.245 e. The van der Waals surface area contributed by atoms with Crippen molar-refractivity contribution in [3.8, 4) is 0 Å². The fourth-order valence-electron chi connectivity index (χ4n) is 3.67. The van der Waals surface area contributed by atoms with Crippen LogP contribution in [0.5, 0.6) is 0 Å². The Hall–Kier alpha value is -2.04. The Morgan fingerprint density at radius 2 is 1.96 bits per heavy atom. The van der Waals surface area contributed by atoms with Gasteiger partial charge in [0.1, 0.15) is 6.04 Å². The lowest BCUT2D eigenvalue weighted by molar-refractivity contribution is -0.136. The number of carbonyl (C=O) groups is 1. The maximum Gasteiger partial charge on any atom is 0.245 e. The lowest BCUT2D eigenvalue weighted by Gasteiger charge is -2.35. The molecular formula is C18H26N4O. The summed E-state index contributed by atoms with van der Waals surface area (Å²) >= 11 is 0. The van der Waals surface area contributed by atoms with Crippen molar-refractivity contribution in [3.63, 3.8) is 0 Å². The second-order valence-corrected chi connectivity index (χ2v) is 6.74. The molecule has 0 saturated carbocycles. The first-order valence-electron chi connectivity index (χ1n) is 8.41. The van der Waals surface area contributed by atoms with Gasteiger partial charge in [-0.3, -0.25) is 9.48 Å². The highest BCUT2D eigenvalue weighted by atomic mass is 16.2. The van der Waals surface area contributed by atoms with E-state index in [1.54, 1.807) is 0 Å². The summed E-state index contributed by atoms with van der Waals surface area (Å²) in [6, 6.07) is 4.29. The molecule has 0 bridgehead atoms. The molecule has 1 aliphatic rings. The van der Waals surface area contributed by atoms with Gasteiger partial charge in [-0.05, 0) is 58.2 Å². The van der Waals surface area contributed by atoms with Crippen LogP contribution >= 0.6 is 0 Å². The Balaban J connectivity index is 1.74. The zero-order chi connectivity index (χ0) is 16.6. The molecule has 3 heterocycles. The van der Waals surface area contributed by atoms with E-state index in [2.05, 4.69) is 48.8 Å². The van der Waals surface area contributed by atoms with Gasteiger partial charge in [-0.1, -0.05) is 0 Å². The predicted octanol–water partition coefficient (Wildman–Crippen LogP) is 3.03. The number of nitrogens with zero attached hydrogens (tertiary/aromatic N) is 4. The molecule has 0 aromatic carbocycles. The largest absolute Gasteiger partial charge is 0.339 e. The molecule has 5 nitrogen and oxygen atoms in total. The third kappa shape index (κ3) is 3.05. The molecule has 2 atom stereocenters. The van der Waals surface area contributed by atoms with Crippen molar-refractivity contribution < 1.29 is 4.79 Å². The molecule has 2 aromatic heterocycles. The number of carbonyl (C=O) groups excluding carboxylic acids is 1. The fourth-order valence-corrected chi connectivity index (χ4v) is 3.67. The molecule has 0 N–H and O–H groups in total. The van der Waals surface area contributed by atoms with Crippen LogP contribution in [0.25, 0.3) is 0 Å². The first-order chi connectivity index (χ1) is 11.0. The second-order valence-electron chi connectivity index (χ2n) is 6.74. The highest BCUT2D eigenvalue weighted by Gasteiger charge is 2.29. The van der Waals surface area contributed by atoms with E-state index in [0.29, 0.717) is 6.04 Å². The van der Waals surface area contributed by atoms with Crippen molar-refractivity contribution in [2.45, 2.75) is 52.6 Å². The summed E-state index contributed by atoms with van der Waals surface area (Å²) < 4.78 is 4.15. The Morgan fingerprint density at radius 3 is 2.57 bits per heavy atom. The van der Waals surface area contributed by atoms with Gasteiger partial charge in [-0.2, -0.15) is 5.10 Å². The Morgan fingerprint density at radius 1 is 1.26 bits per heavy atom. The number of hydrogen-bond acceptors (Lipinski definition) is 2. The predicted molar refractivity (Wildman–Crippen MR) is 90.4 cm³/mol. The van der Waals surface area contributed by atoms with Crippen LogP contribution in [0.2, 0.25) is 0 Å². The van der Waals surface area contributed by atoms with Gasteiger partial charge in [-0.25, -0.2) is 0 Å². The van der Waals surface area contributed by atoms with Crippen molar-refractivity contribution >= 4 is 5.91 Å². The van der Waals surface area contributed by atoms with Crippen LogP contribution < -0.4 is 0 Å². The lowest BCUT2D eigenvalue weighted by Crippen LogP contribution is -2.43. The highest BCUT2D eigenvalue weighted by molar-refractivity contribution is 5.80. The van der Waals surface area contributed by atoms with Crippen molar-refractivity contribution in [1.82, 2.24) is 19.2 Å². The second kappa shape index (κ2) is 6.22. The average molecular weight is 314 g/mol. The number of rotatable bonds is 3. The van der Waals surface area contributed by atoms with E-state index in [-0.39, 0.29) is 11.9 Å². The number of likely N-dealkylation sites (tertiary alicyclic amines) is 1. The van der Waals surface area contributed by atoms with E-state index in [4.69, 9.17) is 0 Å². The van der Waals surface area contributed by atoms with Crippen LogP contribution in [-0.2, 0) is 4.79 Å². The summed E-state index contributed by atoms with van der Waals surface area (Å²) in [6.45, 7) is 9.77. The number of aryl methyl sites for hydroxylation is 3. The molecule has 5 heteroatoms. The summed E-state index contributed by atoms with van der Waals surface area (Å²) in [6.07, 6.45) is 6.07. The summed E-state index contributed by atoms with van der Waals surface area (Å²) in [7, 11) is 0. The number of piperidine rings is 1. The van der Waals surface area contributed by atoms with Crippen molar-refractivity contribution in [2.24, 2.45) is 0 Å². The third-order valence-electron chi connectivity index (χ3n) is 4.88. The van der Waals surface area contributed by atoms with Gasteiger partial charge in [-0.15, -0.1) is 0 Å². The number of aromatic nitrogens is 3. The average Bonchev–Trinajstić information content (AvgIpc) is 3.12. The highest BCUT2D eigenvalue weighted by Crippen LogP contribution is 2.25. The molecule has 23 heavy (non-hydrogen) atoms. The zero-order valence-corrected chi connectivity index (χ0v) is 14.5. The summed E-state index contributed by atoms with van der Waals surface area (Å²) in [5, 5.41) is 4.43. The molecule has 0 unspecified atom stereocenters. The van der Waals surface area contributed by atoms with E-state index >= 15 is 0 Å². The van der Waals surface area contributed by atoms with Gasteiger partial charge >= 0.3 is 0 Å². The molecular weight excluding hydrogens is 288 g/mol. The van der Waals surface area contributed by atoms with Gasteiger partial charge in [0.15, 0.2) is 0 Å². The third-order valence-corrected chi connectivity index (χ3v) is 4.88. The molecule has 0 spiro atoms. The van der Waals surface area contributed by atoms with Crippen LogP contribution in [0.4, 0.5) is 0 Å². The van der Waals surface area contributed by atoms with Crippen LogP contribution in [0.1, 0.15) is 48.8 Å². The van der Waals surface area contributed by atoms with Crippen LogP contribution in [-0.4, -0.2) is 38.2 Å². The van der Waals surface area contributed by atoms with Crippen LogP contribution in [0.3, 0.4) is 0 Å². The Kier molecular flexibility index (Phi) is 4.28. The number of hydrogen-bond donors (Lipinski definition) is 0. The first kappa shape index (κ1) is 15.8. The van der Waals surface area contributed by atoms with Crippen molar-refractivity contribution in [3.05, 3.63) is 41.5 Å². The molecule has 3 rings (SSSR count). The molecule has 1 fully saturated rings. The van der Waals surface area contributed by atoms with Crippen LogP contribution in [0, 0.1) is 20.8 Å². The number of amides is 1. The van der Waals surface area contributed by atoms with E-state index in [9.17, 15) is 4.79 Å². The fraction of sp³-hybridized carbons (Fsp3) is 0.556. The van der Waals surface area contributed by atoms with E-state index < -0.39 is 0 Å². The minimum atomic E-state index is -0.150. The molecule has 1 amide bonds. The van der Waals surface area contributed by atoms with Gasteiger partial charge in [0.05, 0.1) is 12.2 Å². The Labute approximate surface area is 137 Å². The summed E-state index contributed by atoms with van der Waals surface area (Å²) in [5.74, 6) is 0.209. The van der Waals surface area contributed by atoms with Gasteiger partial charge in [0, 0.05) is 30.7 Å². The SMILES string of the molecule is Cc1cnn([C@H]2CCCN(C(=O)[C@H](C)n3c(C)ccc3C)C2)c1.